The Kier molecular flexibility index (Phi) is 7.90. The van der Waals surface area contributed by atoms with Gasteiger partial charge in [0.15, 0.2) is 27.3 Å². The Labute approximate surface area is 234 Å². The smallest absolute Gasteiger partial charge is 0.255 e. The van der Waals surface area contributed by atoms with Crippen LogP contribution < -0.4 is 10.6 Å². The molecule has 3 unspecified atom stereocenters. The number of anilines is 1. The lowest BCUT2D eigenvalue weighted by atomic mass is 9.74. The molecule has 2 saturated carbocycles. The van der Waals surface area contributed by atoms with Crippen molar-refractivity contribution in [2.24, 2.45) is 11.8 Å². The van der Waals surface area contributed by atoms with Gasteiger partial charge >= 0.3 is 0 Å². The van der Waals surface area contributed by atoms with Gasteiger partial charge < -0.3 is 20.5 Å². The lowest BCUT2D eigenvalue weighted by molar-refractivity contribution is -0.133. The number of benzene rings is 2. The minimum atomic E-state index is -4.06. The van der Waals surface area contributed by atoms with Gasteiger partial charge in [0.25, 0.3) is 5.91 Å². The van der Waals surface area contributed by atoms with Gasteiger partial charge in [-0.15, -0.1) is 0 Å². The maximum absolute atomic E-state index is 13.7. The third-order valence-electron chi connectivity index (χ3n) is 8.32. The van der Waals surface area contributed by atoms with Crippen molar-refractivity contribution < 1.29 is 41.0 Å². The molecule has 0 spiro atoms. The highest BCUT2D eigenvalue weighted by atomic mass is 35.5. The number of hydrogen-bond acceptors (Lipinski definition) is 6. The van der Waals surface area contributed by atoms with E-state index in [1.165, 1.54) is 12.1 Å². The van der Waals surface area contributed by atoms with E-state index in [-0.39, 0.29) is 58.3 Å². The second-order valence-corrected chi connectivity index (χ2v) is 13.3. The molecule has 3 fully saturated rings. The second kappa shape index (κ2) is 11.0. The van der Waals surface area contributed by atoms with E-state index in [0.717, 1.165) is 12.5 Å². The lowest BCUT2D eigenvalue weighted by Gasteiger charge is -2.42. The molecule has 1 saturated heterocycles. The van der Waals surface area contributed by atoms with Gasteiger partial charge in [-0.1, -0.05) is 11.6 Å². The zero-order valence-corrected chi connectivity index (χ0v) is 22.8. The number of aliphatic hydroxyl groups is 1. The van der Waals surface area contributed by atoms with E-state index in [0.29, 0.717) is 38.0 Å². The van der Waals surface area contributed by atoms with Gasteiger partial charge in [-0.2, -0.15) is 0 Å². The topological polar surface area (TPSA) is 122 Å². The first kappa shape index (κ1) is 28.8. The van der Waals surface area contributed by atoms with Crippen LogP contribution in [-0.4, -0.2) is 55.4 Å². The van der Waals surface area contributed by atoms with E-state index in [2.05, 4.69) is 10.6 Å². The average molecular weight is 601 g/mol. The van der Waals surface area contributed by atoms with Crippen molar-refractivity contribution in [3.05, 3.63) is 58.4 Å². The highest BCUT2D eigenvalue weighted by molar-refractivity contribution is 7.92. The summed E-state index contributed by atoms with van der Waals surface area (Å²) in [5.74, 6) is -6.57. The fraction of sp³-hybridized carbons (Fsp3) is 0.481. The number of sulfone groups is 1. The molecule has 40 heavy (non-hydrogen) atoms. The summed E-state index contributed by atoms with van der Waals surface area (Å²) < 4.78 is 73.2. The first-order chi connectivity index (χ1) is 18.9. The highest BCUT2D eigenvalue weighted by Gasteiger charge is 2.55. The molecule has 3 aliphatic rings. The van der Waals surface area contributed by atoms with Crippen molar-refractivity contribution in [3.8, 4) is 0 Å². The Morgan fingerprint density at radius 1 is 1.05 bits per heavy atom. The van der Waals surface area contributed by atoms with E-state index in [1.807, 2.05) is 0 Å². The third kappa shape index (κ3) is 5.34. The quantitative estimate of drug-likeness (QED) is 0.413. The summed E-state index contributed by atoms with van der Waals surface area (Å²) in [5, 5.41) is 15.5. The predicted molar refractivity (Wildman–Crippen MR) is 139 cm³/mol. The molecule has 2 amide bonds. The summed E-state index contributed by atoms with van der Waals surface area (Å²) in [4.78, 5) is 24.9. The van der Waals surface area contributed by atoms with E-state index in [9.17, 15) is 36.3 Å². The Morgan fingerprint density at radius 3 is 2.30 bits per heavy atom. The van der Waals surface area contributed by atoms with Crippen LogP contribution >= 0.6 is 11.6 Å². The van der Waals surface area contributed by atoms with Gasteiger partial charge in [0.05, 0.1) is 20.8 Å². The maximum Gasteiger partial charge on any atom is 0.255 e. The number of carbonyl (C=O) groups excluding carboxylic acids is 2. The van der Waals surface area contributed by atoms with Crippen molar-refractivity contribution in [2.75, 3.05) is 18.5 Å². The monoisotopic (exact) mass is 600 g/mol. The zero-order valence-electron chi connectivity index (χ0n) is 21.3. The van der Waals surface area contributed by atoms with Crippen LogP contribution in [0.1, 0.15) is 48.9 Å². The van der Waals surface area contributed by atoms with Gasteiger partial charge in [0.1, 0.15) is 6.10 Å². The normalized spacial score (nSPS) is 27.9. The molecular weight excluding hydrogens is 573 g/mol. The SMILES string of the molecule is O=C(Nc1cc(F)c(F)c(F)c1)c1ccc(Cl)c(S(=O)(=O)C2CC3CC[C@@H](C2)C3(O)CNC(=O)[C@@H]2CCCO2)c1. The molecule has 13 heteroatoms. The van der Waals surface area contributed by atoms with Gasteiger partial charge in [0, 0.05) is 36.5 Å². The summed E-state index contributed by atoms with van der Waals surface area (Å²) in [6, 6.07) is 4.79. The van der Waals surface area contributed by atoms with Crippen molar-refractivity contribution >= 4 is 38.9 Å². The van der Waals surface area contributed by atoms with Crippen molar-refractivity contribution in [1.29, 1.82) is 0 Å². The van der Waals surface area contributed by atoms with Gasteiger partial charge in [-0.3, -0.25) is 9.59 Å². The summed E-state index contributed by atoms with van der Waals surface area (Å²) >= 11 is 6.25. The van der Waals surface area contributed by atoms with Crippen molar-refractivity contribution in [3.63, 3.8) is 0 Å². The summed E-state index contributed by atoms with van der Waals surface area (Å²) in [7, 11) is -4.06. The minimum absolute atomic E-state index is 0.00871. The van der Waals surface area contributed by atoms with Crippen LogP contribution in [0, 0.1) is 29.3 Å². The van der Waals surface area contributed by atoms with Crippen LogP contribution in [0.3, 0.4) is 0 Å². The molecular formula is C27H28ClF3N2O6S. The number of carbonyl (C=O) groups is 2. The number of rotatable bonds is 7. The standard InChI is InChI=1S/C27H28ClF3N2O6S/c28-19-6-3-14(25(34)33-17-11-20(29)24(31)21(30)12-17)8-23(19)40(37,38)18-9-15-4-5-16(10-18)27(15,36)13-32-26(35)22-2-1-7-39-22/h3,6,8,11-12,15-16,18,22,36H,1-2,4-5,7,9-10,13H2,(H,32,35)(H,33,34)/t15-,16?,18?,22-,27?/m0/s1. The number of halogens is 4. The van der Waals surface area contributed by atoms with Crippen LogP contribution in [0.25, 0.3) is 0 Å². The van der Waals surface area contributed by atoms with E-state index in [4.69, 9.17) is 16.3 Å². The molecule has 2 aliphatic carbocycles. The Hall–Kier alpha value is -2.67. The number of ether oxygens (including phenoxy) is 1. The van der Waals surface area contributed by atoms with E-state index in [1.54, 1.807) is 0 Å². The lowest BCUT2D eigenvalue weighted by Crippen LogP contribution is -2.55. The van der Waals surface area contributed by atoms with Crippen LogP contribution in [-0.2, 0) is 19.4 Å². The summed E-state index contributed by atoms with van der Waals surface area (Å²) in [6.45, 7) is 0.524. The van der Waals surface area contributed by atoms with Crippen LogP contribution in [0.4, 0.5) is 18.9 Å². The Balaban J connectivity index is 1.31. The Bertz CT molecular complexity index is 1410. The minimum Gasteiger partial charge on any atom is -0.387 e. The molecule has 216 valence electrons. The van der Waals surface area contributed by atoms with Crippen molar-refractivity contribution in [2.45, 2.75) is 60.4 Å². The second-order valence-electron chi connectivity index (χ2n) is 10.7. The summed E-state index contributed by atoms with van der Waals surface area (Å²) in [5.41, 5.74) is -1.73. The van der Waals surface area contributed by atoms with Crippen LogP contribution in [0.15, 0.2) is 35.2 Å². The highest BCUT2D eigenvalue weighted by Crippen LogP contribution is 2.52. The molecule has 2 bridgehead atoms. The molecule has 1 heterocycles. The van der Waals surface area contributed by atoms with Gasteiger partial charge in [-0.25, -0.2) is 21.6 Å². The van der Waals surface area contributed by atoms with E-state index < -0.39 is 50.2 Å². The van der Waals surface area contributed by atoms with Crippen LogP contribution in [0.2, 0.25) is 5.02 Å². The van der Waals surface area contributed by atoms with Crippen LogP contribution in [0.5, 0.6) is 0 Å². The molecule has 0 aromatic heterocycles. The Morgan fingerprint density at radius 2 is 1.70 bits per heavy atom. The third-order valence-corrected chi connectivity index (χ3v) is 11.0. The summed E-state index contributed by atoms with van der Waals surface area (Å²) in [6.07, 6.45) is 2.37. The zero-order chi connectivity index (χ0) is 28.8. The maximum atomic E-state index is 13.7. The number of amides is 2. The molecule has 1 aliphatic heterocycles. The number of hydrogen-bond donors (Lipinski definition) is 3. The molecule has 5 rings (SSSR count). The molecule has 8 nitrogen and oxygen atoms in total. The first-order valence-corrected chi connectivity index (χ1v) is 14.9. The average Bonchev–Trinajstić information content (AvgIpc) is 3.48. The predicted octanol–water partition coefficient (Wildman–Crippen LogP) is 4.00. The van der Waals surface area contributed by atoms with Gasteiger partial charge in [0.2, 0.25) is 5.91 Å². The number of fused-ring (bicyclic) bond motifs is 2. The fourth-order valence-electron chi connectivity index (χ4n) is 6.15. The molecule has 2 aromatic rings. The molecule has 3 N–H and O–H groups in total. The van der Waals surface area contributed by atoms with Gasteiger partial charge in [-0.05, 0) is 68.6 Å². The molecule has 0 radical (unpaired) electrons. The molecule has 5 atom stereocenters. The number of nitrogens with one attached hydrogen (secondary N) is 2. The largest absolute Gasteiger partial charge is 0.387 e. The van der Waals surface area contributed by atoms with Crippen molar-refractivity contribution in [1.82, 2.24) is 5.32 Å². The molecule has 2 aromatic carbocycles. The van der Waals surface area contributed by atoms with E-state index >= 15 is 0 Å². The first-order valence-electron chi connectivity index (χ1n) is 13.0. The fourth-order valence-corrected chi connectivity index (χ4v) is 8.55.